The van der Waals surface area contributed by atoms with Gasteiger partial charge in [0.2, 0.25) is 11.8 Å². The number of urea groups is 1. The van der Waals surface area contributed by atoms with Gasteiger partial charge in [-0.25, -0.2) is 14.8 Å². The summed E-state index contributed by atoms with van der Waals surface area (Å²) in [5.74, 6) is -0.358. The maximum Gasteiger partial charge on any atom is 0.334 e. The number of aromatic hydroxyl groups is 1. The summed E-state index contributed by atoms with van der Waals surface area (Å²) in [5.41, 5.74) is 4.26. The minimum Gasteiger partial charge on any atom is -0.508 e. The molecule has 234 valence electrons. The van der Waals surface area contributed by atoms with Crippen LogP contribution in [0, 0.1) is 0 Å². The standard InChI is InChI=1S/C36H36N6O4/c1-2-20-40-25-33(44)41-31(21-26-15-17-30(43)18-16-26)35(45)39(23-29-14-9-19-37-34(29)28-12-7-4-8-13-28)24-32(41)42(40)36(46)38-22-27-10-5-3-6-11-27/h2-19,31-32,43H,1,20-25H2,(H,38,46). The molecule has 0 spiro atoms. The topological polar surface area (TPSA) is 109 Å². The van der Waals surface area contributed by atoms with Gasteiger partial charge in [-0.05, 0) is 34.9 Å². The van der Waals surface area contributed by atoms with E-state index in [-0.39, 0.29) is 56.2 Å². The Labute approximate surface area is 268 Å². The molecule has 2 N–H and O–H groups in total. The van der Waals surface area contributed by atoms with E-state index < -0.39 is 12.2 Å². The molecule has 6 rings (SSSR count). The Morgan fingerprint density at radius 1 is 0.935 bits per heavy atom. The van der Waals surface area contributed by atoms with E-state index in [1.807, 2.05) is 72.8 Å². The second-order valence-electron chi connectivity index (χ2n) is 11.4. The molecular formula is C36H36N6O4. The van der Waals surface area contributed by atoms with E-state index >= 15 is 0 Å². The van der Waals surface area contributed by atoms with Crippen molar-refractivity contribution in [3.63, 3.8) is 0 Å². The molecule has 1 aromatic heterocycles. The summed E-state index contributed by atoms with van der Waals surface area (Å²) in [5, 5.41) is 16.1. The molecule has 2 aliphatic rings. The minimum atomic E-state index is -0.872. The van der Waals surface area contributed by atoms with Crippen molar-refractivity contribution in [2.24, 2.45) is 0 Å². The van der Waals surface area contributed by atoms with E-state index in [9.17, 15) is 19.5 Å². The molecule has 2 unspecified atom stereocenters. The lowest BCUT2D eigenvalue weighted by Crippen LogP contribution is -2.76. The number of pyridine rings is 1. The smallest absolute Gasteiger partial charge is 0.334 e. The molecule has 0 saturated carbocycles. The number of hydrogen-bond acceptors (Lipinski definition) is 6. The Morgan fingerprint density at radius 3 is 2.37 bits per heavy atom. The van der Waals surface area contributed by atoms with Crippen molar-refractivity contribution >= 4 is 17.8 Å². The molecular weight excluding hydrogens is 580 g/mol. The SMILES string of the molecule is C=CCN1CC(=O)N2C(Cc3ccc(O)cc3)C(=O)N(Cc3cccnc3-c3ccccc3)CC2N1C(=O)NCc1ccccc1. The second-order valence-corrected chi connectivity index (χ2v) is 11.4. The highest BCUT2D eigenvalue weighted by Crippen LogP contribution is 2.31. The number of hydrogen-bond donors (Lipinski definition) is 2. The Balaban J connectivity index is 1.37. The van der Waals surface area contributed by atoms with Crippen LogP contribution >= 0.6 is 0 Å². The van der Waals surface area contributed by atoms with E-state index in [1.54, 1.807) is 56.4 Å². The molecule has 2 saturated heterocycles. The molecule has 10 heteroatoms. The first kappa shape index (κ1) is 30.5. The van der Waals surface area contributed by atoms with Crippen LogP contribution < -0.4 is 5.32 Å². The summed E-state index contributed by atoms with van der Waals surface area (Å²) < 4.78 is 0. The number of nitrogens with one attached hydrogen (secondary N) is 1. The van der Waals surface area contributed by atoms with Crippen molar-refractivity contribution in [1.29, 1.82) is 0 Å². The van der Waals surface area contributed by atoms with E-state index in [0.717, 1.165) is 27.9 Å². The number of amides is 4. The number of rotatable bonds is 9. The van der Waals surface area contributed by atoms with Gasteiger partial charge in [0.1, 0.15) is 18.0 Å². The van der Waals surface area contributed by atoms with Crippen molar-refractivity contribution in [1.82, 2.24) is 30.1 Å². The van der Waals surface area contributed by atoms with Crippen LogP contribution in [0.25, 0.3) is 11.3 Å². The predicted octanol–water partition coefficient (Wildman–Crippen LogP) is 4.19. The second kappa shape index (κ2) is 13.7. The normalized spacial score (nSPS) is 18.3. The molecule has 3 aromatic carbocycles. The predicted molar refractivity (Wildman–Crippen MR) is 174 cm³/mol. The number of phenolic OH excluding ortho intramolecular Hbond substituents is 1. The zero-order valence-corrected chi connectivity index (χ0v) is 25.4. The van der Waals surface area contributed by atoms with Gasteiger partial charge in [-0.1, -0.05) is 84.9 Å². The first-order valence-corrected chi connectivity index (χ1v) is 15.3. The number of aromatic nitrogens is 1. The number of fused-ring (bicyclic) bond motifs is 1. The zero-order chi connectivity index (χ0) is 32.0. The number of carbonyl (C=O) groups excluding carboxylic acids is 3. The number of piperazine rings is 1. The lowest BCUT2D eigenvalue weighted by atomic mass is 9.97. The Morgan fingerprint density at radius 2 is 1.65 bits per heavy atom. The lowest BCUT2D eigenvalue weighted by molar-refractivity contribution is -0.189. The van der Waals surface area contributed by atoms with E-state index in [1.165, 1.54) is 0 Å². The average Bonchev–Trinajstić information content (AvgIpc) is 3.08. The number of benzene rings is 3. The maximum atomic E-state index is 14.4. The van der Waals surface area contributed by atoms with Crippen LogP contribution in [0.5, 0.6) is 5.75 Å². The fourth-order valence-corrected chi connectivity index (χ4v) is 6.18. The van der Waals surface area contributed by atoms with E-state index in [4.69, 9.17) is 0 Å². The van der Waals surface area contributed by atoms with Gasteiger partial charge in [0.25, 0.3) is 0 Å². The number of nitrogens with zero attached hydrogens (tertiary/aromatic N) is 5. The van der Waals surface area contributed by atoms with Crippen molar-refractivity contribution in [3.8, 4) is 17.0 Å². The molecule has 2 atom stereocenters. The summed E-state index contributed by atoms with van der Waals surface area (Å²) in [6.45, 7) is 4.68. The highest BCUT2D eigenvalue weighted by atomic mass is 16.3. The molecule has 4 amide bonds. The van der Waals surface area contributed by atoms with Crippen molar-refractivity contribution in [2.75, 3.05) is 19.6 Å². The third-order valence-corrected chi connectivity index (χ3v) is 8.33. The van der Waals surface area contributed by atoms with Gasteiger partial charge in [-0.3, -0.25) is 14.6 Å². The summed E-state index contributed by atoms with van der Waals surface area (Å²) in [6, 6.07) is 28.5. The monoisotopic (exact) mass is 616 g/mol. The fourth-order valence-electron chi connectivity index (χ4n) is 6.18. The molecule has 2 fully saturated rings. The summed E-state index contributed by atoms with van der Waals surface area (Å²) in [7, 11) is 0. The summed E-state index contributed by atoms with van der Waals surface area (Å²) >= 11 is 0. The van der Waals surface area contributed by atoms with Gasteiger partial charge in [0.15, 0.2) is 0 Å². The zero-order valence-electron chi connectivity index (χ0n) is 25.4. The summed E-state index contributed by atoms with van der Waals surface area (Å²) in [4.78, 5) is 50.1. The Hall–Kier alpha value is -5.48. The molecule has 0 aliphatic carbocycles. The van der Waals surface area contributed by atoms with E-state index in [2.05, 4.69) is 16.9 Å². The van der Waals surface area contributed by atoms with Gasteiger partial charge < -0.3 is 20.2 Å². The van der Waals surface area contributed by atoms with Gasteiger partial charge in [0.05, 0.1) is 18.8 Å². The lowest BCUT2D eigenvalue weighted by Gasteiger charge is -2.55. The first-order valence-electron chi connectivity index (χ1n) is 15.3. The molecule has 2 aliphatic heterocycles. The summed E-state index contributed by atoms with van der Waals surface area (Å²) in [6.07, 6.45) is 2.83. The van der Waals surface area contributed by atoms with Gasteiger partial charge >= 0.3 is 6.03 Å². The first-order chi connectivity index (χ1) is 22.4. The van der Waals surface area contributed by atoms with Crippen LogP contribution in [-0.4, -0.2) is 79.6 Å². The van der Waals surface area contributed by atoms with Crippen LogP contribution in [0.2, 0.25) is 0 Å². The number of carbonyl (C=O) groups is 3. The van der Waals surface area contributed by atoms with Crippen LogP contribution in [0.1, 0.15) is 16.7 Å². The number of phenols is 1. The molecule has 46 heavy (non-hydrogen) atoms. The molecule has 4 aromatic rings. The molecule has 0 bridgehead atoms. The highest BCUT2D eigenvalue weighted by Gasteiger charge is 2.51. The fraction of sp³-hybridized carbons (Fsp3) is 0.222. The average molecular weight is 617 g/mol. The minimum absolute atomic E-state index is 0.0819. The molecule has 3 heterocycles. The van der Waals surface area contributed by atoms with Crippen LogP contribution in [0.15, 0.2) is 116 Å². The van der Waals surface area contributed by atoms with Crippen molar-refractivity contribution < 1.29 is 19.5 Å². The quantitative estimate of drug-likeness (QED) is 0.273. The Bertz CT molecular complexity index is 1700. The third-order valence-electron chi connectivity index (χ3n) is 8.33. The van der Waals surface area contributed by atoms with Crippen molar-refractivity contribution in [3.05, 3.63) is 133 Å². The molecule has 0 radical (unpaired) electrons. The van der Waals surface area contributed by atoms with Gasteiger partial charge in [-0.15, -0.1) is 6.58 Å². The van der Waals surface area contributed by atoms with E-state index in [0.29, 0.717) is 6.54 Å². The van der Waals surface area contributed by atoms with Gasteiger partial charge in [0, 0.05) is 37.8 Å². The van der Waals surface area contributed by atoms with Crippen LogP contribution in [0.3, 0.4) is 0 Å². The number of hydrazine groups is 1. The largest absolute Gasteiger partial charge is 0.508 e. The van der Waals surface area contributed by atoms with Crippen molar-refractivity contribution in [2.45, 2.75) is 31.7 Å². The third kappa shape index (κ3) is 6.47. The van der Waals surface area contributed by atoms with Crippen LogP contribution in [-0.2, 0) is 29.1 Å². The maximum absolute atomic E-state index is 14.4. The highest BCUT2D eigenvalue weighted by molar-refractivity contribution is 5.92. The molecule has 10 nitrogen and oxygen atoms in total. The van der Waals surface area contributed by atoms with Crippen LogP contribution in [0.4, 0.5) is 4.79 Å². The van der Waals surface area contributed by atoms with Gasteiger partial charge in [-0.2, -0.15) is 0 Å². The Kier molecular flexibility index (Phi) is 9.07.